The van der Waals surface area contributed by atoms with E-state index in [1.54, 1.807) is 0 Å². The molecule has 6 rings (SSSR count). The summed E-state index contributed by atoms with van der Waals surface area (Å²) in [4.78, 5) is 2.53. The highest BCUT2D eigenvalue weighted by atomic mass is 35.5. The molecule has 1 saturated heterocycles. The van der Waals surface area contributed by atoms with Crippen LogP contribution in [0.4, 0.5) is 0 Å². The van der Waals surface area contributed by atoms with Crippen LogP contribution in [0, 0.1) is 0 Å². The number of nitrogens with zero attached hydrogens (tertiary/aromatic N) is 2. The number of rotatable bonds is 10. The van der Waals surface area contributed by atoms with Gasteiger partial charge in [-0.05, 0) is 85.1 Å². The molecule has 0 spiro atoms. The van der Waals surface area contributed by atoms with Gasteiger partial charge in [-0.3, -0.25) is 4.90 Å². The van der Waals surface area contributed by atoms with E-state index in [0.717, 1.165) is 57.4 Å². The van der Waals surface area contributed by atoms with Crippen LogP contribution < -0.4 is 9.47 Å². The number of para-hydroxylation sites is 1. The summed E-state index contributed by atoms with van der Waals surface area (Å²) in [6.45, 7) is 5.37. The number of fused-ring (bicyclic) bond motifs is 1. The number of ether oxygens (including phenoxy) is 2. The fourth-order valence-electron chi connectivity index (χ4n) is 5.68. The SMILES string of the molecule is Clc1c(-c2ccc(OCc3ccccc3)cc2)n(Cc2ccc(OCCN3CCCCCC3)cc2)c2ccccc12. The normalized spacial score (nSPS) is 14.2. The molecule has 41 heavy (non-hydrogen) atoms. The predicted molar refractivity (Wildman–Crippen MR) is 169 cm³/mol. The third kappa shape index (κ3) is 6.78. The van der Waals surface area contributed by atoms with Crippen molar-refractivity contribution in [3.63, 3.8) is 0 Å². The van der Waals surface area contributed by atoms with Gasteiger partial charge in [0, 0.05) is 18.5 Å². The van der Waals surface area contributed by atoms with Crippen LogP contribution in [0.5, 0.6) is 11.5 Å². The second-order valence-corrected chi connectivity index (χ2v) is 11.2. The summed E-state index contributed by atoms with van der Waals surface area (Å²) in [7, 11) is 0. The number of benzene rings is 4. The van der Waals surface area contributed by atoms with E-state index in [1.165, 1.54) is 44.3 Å². The summed E-state index contributed by atoms with van der Waals surface area (Å²) in [5, 5.41) is 1.83. The van der Waals surface area contributed by atoms with Gasteiger partial charge in [0.05, 0.1) is 16.2 Å². The number of hydrogen-bond donors (Lipinski definition) is 0. The molecule has 0 N–H and O–H groups in total. The number of aromatic nitrogens is 1. The molecule has 0 saturated carbocycles. The first-order valence-electron chi connectivity index (χ1n) is 14.7. The van der Waals surface area contributed by atoms with Crippen LogP contribution in [0.15, 0.2) is 103 Å². The van der Waals surface area contributed by atoms with Crippen molar-refractivity contribution in [2.24, 2.45) is 0 Å². The number of likely N-dealkylation sites (tertiary alicyclic amines) is 1. The first-order chi connectivity index (χ1) is 20.2. The fraction of sp³-hybridized carbons (Fsp3) is 0.278. The van der Waals surface area contributed by atoms with Crippen molar-refractivity contribution >= 4 is 22.5 Å². The standard InChI is InChI=1S/C36H37ClN2O2/c37-35-33-12-6-7-13-34(33)39(36(35)30-16-20-32(21-17-30)41-27-29-10-4-3-5-11-29)26-28-14-18-31(19-15-28)40-25-24-38-22-8-1-2-9-23-38/h3-7,10-21H,1-2,8-9,22-27H2. The van der Waals surface area contributed by atoms with Crippen LogP contribution in [0.3, 0.4) is 0 Å². The minimum absolute atomic E-state index is 0.541. The summed E-state index contributed by atoms with van der Waals surface area (Å²) in [6, 6.07) is 35.3. The van der Waals surface area contributed by atoms with Gasteiger partial charge in [0.2, 0.25) is 0 Å². The van der Waals surface area contributed by atoms with Gasteiger partial charge in [-0.1, -0.05) is 85.1 Å². The van der Waals surface area contributed by atoms with Crippen LogP contribution in [-0.4, -0.2) is 35.7 Å². The van der Waals surface area contributed by atoms with E-state index in [1.807, 2.05) is 36.4 Å². The van der Waals surface area contributed by atoms with Crippen LogP contribution in [-0.2, 0) is 13.2 Å². The van der Waals surface area contributed by atoms with E-state index in [0.29, 0.717) is 13.2 Å². The highest BCUT2D eigenvalue weighted by Gasteiger charge is 2.18. The van der Waals surface area contributed by atoms with Crippen molar-refractivity contribution < 1.29 is 9.47 Å². The van der Waals surface area contributed by atoms with E-state index in [-0.39, 0.29) is 0 Å². The molecule has 1 fully saturated rings. The molecule has 210 valence electrons. The van der Waals surface area contributed by atoms with Crippen LogP contribution in [0.1, 0.15) is 36.8 Å². The maximum Gasteiger partial charge on any atom is 0.119 e. The highest BCUT2D eigenvalue weighted by Crippen LogP contribution is 2.38. The Kier molecular flexibility index (Phi) is 8.89. The fourth-order valence-corrected chi connectivity index (χ4v) is 6.05. The minimum Gasteiger partial charge on any atom is -0.492 e. The minimum atomic E-state index is 0.541. The summed E-state index contributed by atoms with van der Waals surface area (Å²) < 4.78 is 14.4. The second-order valence-electron chi connectivity index (χ2n) is 10.8. The van der Waals surface area contributed by atoms with Crippen molar-refractivity contribution in [1.29, 1.82) is 0 Å². The maximum atomic E-state index is 7.02. The molecule has 0 amide bonds. The van der Waals surface area contributed by atoms with Gasteiger partial charge in [0.25, 0.3) is 0 Å². The third-order valence-electron chi connectivity index (χ3n) is 7.92. The van der Waals surface area contributed by atoms with Gasteiger partial charge in [0.1, 0.15) is 24.7 Å². The van der Waals surface area contributed by atoms with Gasteiger partial charge < -0.3 is 14.0 Å². The summed E-state index contributed by atoms with van der Waals surface area (Å²) in [6.07, 6.45) is 5.33. The van der Waals surface area contributed by atoms with E-state index in [4.69, 9.17) is 21.1 Å². The first-order valence-corrected chi connectivity index (χ1v) is 15.1. The molecule has 1 aliphatic rings. The lowest BCUT2D eigenvalue weighted by Crippen LogP contribution is -2.29. The van der Waals surface area contributed by atoms with Gasteiger partial charge in [-0.15, -0.1) is 0 Å². The van der Waals surface area contributed by atoms with Gasteiger partial charge in [-0.2, -0.15) is 0 Å². The van der Waals surface area contributed by atoms with Crippen LogP contribution >= 0.6 is 11.6 Å². The van der Waals surface area contributed by atoms with E-state index in [2.05, 4.69) is 76.2 Å². The van der Waals surface area contributed by atoms with Gasteiger partial charge in [0.15, 0.2) is 0 Å². The lowest BCUT2D eigenvalue weighted by atomic mass is 10.1. The molecular weight excluding hydrogens is 528 g/mol. The van der Waals surface area contributed by atoms with Crippen LogP contribution in [0.2, 0.25) is 5.02 Å². The molecule has 2 heterocycles. The highest BCUT2D eigenvalue weighted by molar-refractivity contribution is 6.38. The Morgan fingerprint density at radius 2 is 1.29 bits per heavy atom. The monoisotopic (exact) mass is 564 g/mol. The quantitative estimate of drug-likeness (QED) is 0.169. The molecule has 0 radical (unpaired) electrons. The second kappa shape index (κ2) is 13.3. The molecule has 5 aromatic rings. The van der Waals surface area contributed by atoms with Crippen molar-refractivity contribution in [2.75, 3.05) is 26.2 Å². The van der Waals surface area contributed by atoms with Crippen molar-refractivity contribution in [3.05, 3.63) is 119 Å². The molecule has 0 atom stereocenters. The number of halogens is 1. The summed E-state index contributed by atoms with van der Waals surface area (Å²) >= 11 is 7.02. The molecule has 0 unspecified atom stereocenters. The largest absolute Gasteiger partial charge is 0.492 e. The zero-order valence-corrected chi connectivity index (χ0v) is 24.2. The zero-order chi connectivity index (χ0) is 27.9. The first kappa shape index (κ1) is 27.4. The van der Waals surface area contributed by atoms with Crippen molar-refractivity contribution in [3.8, 4) is 22.8 Å². The topological polar surface area (TPSA) is 26.6 Å². The summed E-state index contributed by atoms with van der Waals surface area (Å²) in [5.41, 5.74) is 5.54. The van der Waals surface area contributed by atoms with E-state index >= 15 is 0 Å². The third-order valence-corrected chi connectivity index (χ3v) is 8.31. The predicted octanol–water partition coefficient (Wildman–Crippen LogP) is 8.84. The van der Waals surface area contributed by atoms with Gasteiger partial charge >= 0.3 is 0 Å². The molecule has 4 aromatic carbocycles. The number of hydrogen-bond acceptors (Lipinski definition) is 3. The average molecular weight is 565 g/mol. The van der Waals surface area contributed by atoms with Crippen molar-refractivity contribution in [2.45, 2.75) is 38.8 Å². The molecule has 5 heteroatoms. The van der Waals surface area contributed by atoms with Crippen molar-refractivity contribution in [1.82, 2.24) is 9.47 Å². The Hall–Kier alpha value is -3.73. The van der Waals surface area contributed by atoms with E-state index < -0.39 is 0 Å². The Morgan fingerprint density at radius 1 is 0.634 bits per heavy atom. The van der Waals surface area contributed by atoms with E-state index in [9.17, 15) is 0 Å². The Balaban J connectivity index is 1.17. The molecule has 4 nitrogen and oxygen atoms in total. The summed E-state index contributed by atoms with van der Waals surface area (Å²) in [5.74, 6) is 1.76. The lowest BCUT2D eigenvalue weighted by molar-refractivity contribution is 0.214. The Labute approximate surface area is 248 Å². The average Bonchev–Trinajstić information content (AvgIpc) is 3.15. The lowest BCUT2D eigenvalue weighted by Gasteiger charge is -2.19. The zero-order valence-electron chi connectivity index (χ0n) is 23.5. The molecule has 1 aromatic heterocycles. The molecule has 0 aliphatic carbocycles. The Bertz CT molecular complexity index is 1540. The molecule has 1 aliphatic heterocycles. The Morgan fingerprint density at radius 3 is 2.05 bits per heavy atom. The van der Waals surface area contributed by atoms with Crippen LogP contribution in [0.25, 0.3) is 22.2 Å². The molecule has 0 bridgehead atoms. The maximum absolute atomic E-state index is 7.02. The molecular formula is C36H37ClN2O2. The smallest absolute Gasteiger partial charge is 0.119 e. The van der Waals surface area contributed by atoms with Gasteiger partial charge in [-0.25, -0.2) is 0 Å².